The molecule has 1 atom stereocenters. The number of rotatable bonds is 10. The van der Waals surface area contributed by atoms with Crippen molar-refractivity contribution in [2.45, 2.75) is 39.7 Å². The van der Waals surface area contributed by atoms with E-state index in [0.717, 1.165) is 31.3 Å². The lowest BCUT2D eigenvalue weighted by Gasteiger charge is -2.21. The predicted octanol–water partition coefficient (Wildman–Crippen LogP) is 2.02. The van der Waals surface area contributed by atoms with Gasteiger partial charge in [0.25, 0.3) is 0 Å². The Morgan fingerprint density at radius 3 is 2.53 bits per heavy atom. The summed E-state index contributed by atoms with van der Waals surface area (Å²) < 4.78 is 0. The summed E-state index contributed by atoms with van der Waals surface area (Å²) in [6, 6.07) is 0.469. The van der Waals surface area contributed by atoms with Gasteiger partial charge in [0.15, 0.2) is 5.96 Å². The summed E-state index contributed by atoms with van der Waals surface area (Å²) in [7, 11) is 1.83. The fourth-order valence-corrected chi connectivity index (χ4v) is 2.24. The van der Waals surface area contributed by atoms with Crippen molar-refractivity contribution >= 4 is 17.7 Å². The van der Waals surface area contributed by atoms with Gasteiger partial charge in [-0.25, -0.2) is 0 Å². The fourth-order valence-electron chi connectivity index (χ4n) is 1.93. The Bertz CT molecular complexity index is 229. The van der Waals surface area contributed by atoms with Crippen molar-refractivity contribution < 1.29 is 0 Å². The van der Waals surface area contributed by atoms with Crippen molar-refractivity contribution in [2.75, 3.05) is 45.2 Å². The van der Waals surface area contributed by atoms with Crippen LogP contribution in [0.25, 0.3) is 0 Å². The van der Waals surface area contributed by atoms with Gasteiger partial charge in [0.05, 0.1) is 0 Å². The summed E-state index contributed by atoms with van der Waals surface area (Å²) in [4.78, 5) is 6.72. The first-order valence-electron chi connectivity index (χ1n) is 7.36. The zero-order valence-corrected chi connectivity index (χ0v) is 14.1. The molecule has 0 saturated heterocycles. The Morgan fingerprint density at radius 1 is 1.32 bits per heavy atom. The number of hydrogen-bond donors (Lipinski definition) is 2. The first-order chi connectivity index (χ1) is 9.17. The summed E-state index contributed by atoms with van der Waals surface area (Å²) in [5.41, 5.74) is 0. The number of thioether (sulfide) groups is 1. The monoisotopic (exact) mass is 288 g/mol. The Labute approximate surface area is 123 Å². The molecule has 0 fully saturated rings. The molecule has 0 heterocycles. The molecule has 0 aliphatic rings. The second-order valence-corrected chi connectivity index (χ2v) is 5.69. The molecule has 0 rings (SSSR count). The van der Waals surface area contributed by atoms with E-state index in [0.29, 0.717) is 6.04 Å². The van der Waals surface area contributed by atoms with E-state index >= 15 is 0 Å². The summed E-state index contributed by atoms with van der Waals surface area (Å²) in [5, 5.41) is 6.78. The van der Waals surface area contributed by atoms with Crippen molar-refractivity contribution in [3.8, 4) is 0 Å². The van der Waals surface area contributed by atoms with Crippen LogP contribution in [0, 0.1) is 0 Å². The van der Waals surface area contributed by atoms with Crippen LogP contribution >= 0.6 is 11.8 Å². The van der Waals surface area contributed by atoms with Crippen LogP contribution in [0.4, 0.5) is 0 Å². The van der Waals surface area contributed by atoms with Crippen LogP contribution in [-0.2, 0) is 0 Å². The maximum atomic E-state index is 4.25. The lowest BCUT2D eigenvalue weighted by Crippen LogP contribution is -2.43. The molecule has 19 heavy (non-hydrogen) atoms. The lowest BCUT2D eigenvalue weighted by atomic mass is 10.2. The summed E-state index contributed by atoms with van der Waals surface area (Å²) in [6.07, 6.45) is 4.53. The first-order valence-corrected chi connectivity index (χ1v) is 8.75. The molecule has 0 saturated carbocycles. The molecule has 0 spiro atoms. The number of nitrogens with one attached hydrogen (secondary N) is 2. The molecular weight excluding hydrogens is 256 g/mol. The topological polar surface area (TPSA) is 39.7 Å². The van der Waals surface area contributed by atoms with E-state index in [2.05, 4.69) is 47.6 Å². The zero-order valence-electron chi connectivity index (χ0n) is 13.3. The smallest absolute Gasteiger partial charge is 0.191 e. The van der Waals surface area contributed by atoms with E-state index in [4.69, 9.17) is 0 Å². The Kier molecular flexibility index (Phi) is 12.3. The number of hydrogen-bond acceptors (Lipinski definition) is 3. The quantitative estimate of drug-likeness (QED) is 0.366. The highest BCUT2D eigenvalue weighted by Crippen LogP contribution is 1.99. The van der Waals surface area contributed by atoms with Crippen LogP contribution in [0.1, 0.15) is 33.6 Å². The molecule has 1 unspecified atom stereocenters. The summed E-state index contributed by atoms with van der Waals surface area (Å²) in [5.74, 6) is 2.03. The molecule has 4 nitrogen and oxygen atoms in total. The van der Waals surface area contributed by atoms with E-state index in [1.807, 2.05) is 18.8 Å². The third-order valence-electron chi connectivity index (χ3n) is 3.21. The highest BCUT2D eigenvalue weighted by atomic mass is 32.2. The second-order valence-electron chi connectivity index (χ2n) is 4.71. The highest BCUT2D eigenvalue weighted by Gasteiger charge is 2.06. The minimum Gasteiger partial charge on any atom is -0.356 e. The Hall–Kier alpha value is -0.420. The van der Waals surface area contributed by atoms with Gasteiger partial charge >= 0.3 is 0 Å². The Morgan fingerprint density at radius 2 is 2.00 bits per heavy atom. The summed E-state index contributed by atoms with van der Waals surface area (Å²) >= 11 is 1.84. The van der Waals surface area contributed by atoms with Gasteiger partial charge in [0.2, 0.25) is 0 Å². The minimum absolute atomic E-state index is 0.469. The second kappa shape index (κ2) is 12.6. The third-order valence-corrected chi connectivity index (χ3v) is 3.82. The lowest BCUT2D eigenvalue weighted by molar-refractivity contribution is 0.292. The molecule has 0 aliphatic heterocycles. The van der Waals surface area contributed by atoms with E-state index in [-0.39, 0.29) is 0 Å². The van der Waals surface area contributed by atoms with Crippen LogP contribution in [0.15, 0.2) is 4.99 Å². The van der Waals surface area contributed by atoms with Crippen LogP contribution in [0.2, 0.25) is 0 Å². The minimum atomic E-state index is 0.469. The number of aliphatic imine (C=N–C) groups is 1. The molecule has 0 radical (unpaired) electrons. The first kappa shape index (κ1) is 18.6. The third kappa shape index (κ3) is 10.1. The van der Waals surface area contributed by atoms with Crippen molar-refractivity contribution in [3.05, 3.63) is 0 Å². The van der Waals surface area contributed by atoms with Gasteiger partial charge in [-0.3, -0.25) is 4.99 Å². The molecule has 0 aromatic heterocycles. The van der Waals surface area contributed by atoms with Gasteiger partial charge < -0.3 is 15.5 Å². The molecule has 114 valence electrons. The largest absolute Gasteiger partial charge is 0.356 e. The van der Waals surface area contributed by atoms with Crippen molar-refractivity contribution in [2.24, 2.45) is 4.99 Å². The predicted molar refractivity (Wildman–Crippen MR) is 89.4 cm³/mol. The zero-order chi connectivity index (χ0) is 14.5. The normalized spacial score (nSPS) is 13.7. The molecule has 0 aromatic carbocycles. The molecule has 0 bridgehead atoms. The van der Waals surface area contributed by atoms with E-state index < -0.39 is 0 Å². The van der Waals surface area contributed by atoms with Crippen LogP contribution in [-0.4, -0.2) is 62.1 Å². The standard InChI is InChI=1S/C14H32N4S/c1-6-18(7-2)11-8-9-13(3)17-14(15-4)16-10-12-19-5/h13H,6-12H2,1-5H3,(H2,15,16,17). The molecule has 0 aliphatic carbocycles. The van der Waals surface area contributed by atoms with Crippen LogP contribution in [0.3, 0.4) is 0 Å². The van der Waals surface area contributed by atoms with Crippen molar-refractivity contribution in [1.82, 2.24) is 15.5 Å². The van der Waals surface area contributed by atoms with E-state index in [9.17, 15) is 0 Å². The maximum Gasteiger partial charge on any atom is 0.191 e. The number of nitrogens with zero attached hydrogens (tertiary/aromatic N) is 2. The molecular formula is C14H32N4S. The fraction of sp³-hybridized carbons (Fsp3) is 0.929. The van der Waals surface area contributed by atoms with E-state index in [1.54, 1.807) is 0 Å². The molecule has 2 N–H and O–H groups in total. The number of guanidine groups is 1. The van der Waals surface area contributed by atoms with Gasteiger partial charge in [-0.05, 0) is 45.7 Å². The molecule has 0 amide bonds. The van der Waals surface area contributed by atoms with Gasteiger partial charge in [-0.15, -0.1) is 0 Å². The van der Waals surface area contributed by atoms with Gasteiger partial charge in [-0.2, -0.15) is 11.8 Å². The summed E-state index contributed by atoms with van der Waals surface area (Å²) in [6.45, 7) is 11.1. The van der Waals surface area contributed by atoms with Gasteiger partial charge in [0, 0.05) is 25.4 Å². The molecule has 5 heteroatoms. The maximum absolute atomic E-state index is 4.25. The van der Waals surface area contributed by atoms with Crippen molar-refractivity contribution in [1.29, 1.82) is 0 Å². The van der Waals surface area contributed by atoms with Crippen molar-refractivity contribution in [3.63, 3.8) is 0 Å². The van der Waals surface area contributed by atoms with E-state index in [1.165, 1.54) is 19.4 Å². The van der Waals surface area contributed by atoms with Crippen LogP contribution in [0.5, 0.6) is 0 Å². The molecule has 0 aromatic rings. The average molecular weight is 289 g/mol. The average Bonchev–Trinajstić information content (AvgIpc) is 2.42. The van der Waals surface area contributed by atoms with Crippen LogP contribution < -0.4 is 10.6 Å². The van der Waals surface area contributed by atoms with Gasteiger partial charge in [-0.1, -0.05) is 13.8 Å². The Balaban J connectivity index is 3.78. The highest BCUT2D eigenvalue weighted by molar-refractivity contribution is 7.98. The SMILES string of the molecule is CCN(CC)CCCC(C)NC(=NC)NCCSC. The van der Waals surface area contributed by atoms with Gasteiger partial charge in [0.1, 0.15) is 0 Å².